The Bertz CT molecular complexity index is 200. The molecule has 2 N–H and O–H groups in total. The van der Waals surface area contributed by atoms with Gasteiger partial charge in [-0.3, -0.25) is 9.59 Å². The highest BCUT2D eigenvalue weighted by atomic mass is 32.2. The molecule has 1 rings (SSSR count). The van der Waals surface area contributed by atoms with Crippen molar-refractivity contribution in [3.63, 3.8) is 0 Å². The van der Waals surface area contributed by atoms with Crippen molar-refractivity contribution in [2.24, 2.45) is 0 Å². The van der Waals surface area contributed by atoms with E-state index in [0.717, 1.165) is 11.8 Å². The molecule has 12 heavy (non-hydrogen) atoms. The van der Waals surface area contributed by atoms with Crippen LogP contribution in [0, 0.1) is 0 Å². The molecule has 0 aromatic carbocycles. The Labute approximate surface area is 73.3 Å². The number of hydrogen-bond acceptors (Lipinski definition) is 3. The number of hydrogen-bond donors (Lipinski definition) is 2. The van der Waals surface area contributed by atoms with E-state index in [4.69, 9.17) is 0 Å². The maximum Gasteiger partial charge on any atom is 0.279 e. The summed E-state index contributed by atoms with van der Waals surface area (Å²) in [6.45, 7) is -0.574. The molecule has 0 saturated carbocycles. The molecule has 0 bridgehead atoms. The molecule has 1 heterocycles. The number of halogens is 1. The second-order valence-corrected chi connectivity index (χ2v) is 3.27. The molecule has 1 atom stereocenters. The molecular formula is C6H9FN2O2S. The number of rotatable bonds is 3. The van der Waals surface area contributed by atoms with E-state index in [2.05, 4.69) is 10.6 Å². The number of thioether (sulfide) groups is 1. The Morgan fingerprint density at radius 1 is 1.83 bits per heavy atom. The molecule has 1 saturated heterocycles. The van der Waals surface area contributed by atoms with Crippen LogP contribution in [0.4, 0.5) is 9.18 Å². The van der Waals surface area contributed by atoms with E-state index in [-0.39, 0.29) is 17.7 Å². The van der Waals surface area contributed by atoms with Crippen LogP contribution in [0.2, 0.25) is 0 Å². The maximum atomic E-state index is 11.6. The lowest BCUT2D eigenvalue weighted by Gasteiger charge is -2.07. The fourth-order valence-electron chi connectivity index (χ4n) is 0.819. The minimum Gasteiger partial charge on any atom is -0.352 e. The first-order valence-electron chi connectivity index (χ1n) is 3.51. The zero-order valence-corrected chi connectivity index (χ0v) is 7.12. The topological polar surface area (TPSA) is 58.2 Å². The molecule has 4 nitrogen and oxygen atoms in total. The van der Waals surface area contributed by atoms with Crippen LogP contribution in [0.15, 0.2) is 0 Å². The summed E-state index contributed by atoms with van der Waals surface area (Å²) in [5.41, 5.74) is 0. The maximum absolute atomic E-state index is 11.6. The predicted octanol–water partition coefficient (Wildman–Crippen LogP) is -0.103. The third-order valence-corrected chi connectivity index (χ3v) is 2.26. The molecule has 0 radical (unpaired) electrons. The highest BCUT2D eigenvalue weighted by molar-refractivity contribution is 8.14. The fraction of sp³-hybridized carbons (Fsp3) is 0.667. The third kappa shape index (κ3) is 2.37. The summed E-state index contributed by atoms with van der Waals surface area (Å²) in [6.07, 6.45) is 0. The Morgan fingerprint density at radius 3 is 3.08 bits per heavy atom. The van der Waals surface area contributed by atoms with Gasteiger partial charge in [-0.1, -0.05) is 11.8 Å². The number of amides is 2. The van der Waals surface area contributed by atoms with E-state index in [1.165, 1.54) is 0 Å². The van der Waals surface area contributed by atoms with Gasteiger partial charge >= 0.3 is 0 Å². The Hall–Kier alpha value is -0.780. The smallest absolute Gasteiger partial charge is 0.279 e. The molecule has 1 unspecified atom stereocenters. The first-order valence-corrected chi connectivity index (χ1v) is 4.49. The van der Waals surface area contributed by atoms with E-state index in [0.29, 0.717) is 5.75 Å². The number of carbonyl (C=O) groups is 2. The average Bonchev–Trinajstić information content (AvgIpc) is 2.47. The van der Waals surface area contributed by atoms with Crippen LogP contribution in [0.5, 0.6) is 0 Å². The number of nitrogens with one attached hydrogen (secondary N) is 2. The summed E-state index contributed by atoms with van der Waals surface area (Å²) in [7, 11) is 0. The largest absolute Gasteiger partial charge is 0.352 e. The van der Waals surface area contributed by atoms with Crippen LogP contribution in [0.25, 0.3) is 0 Å². The lowest BCUT2D eigenvalue weighted by atomic mass is 10.3. The SMILES string of the molecule is O=C1NC(C(=O)NCCF)CS1. The van der Waals surface area contributed by atoms with Crippen LogP contribution in [0.3, 0.4) is 0 Å². The predicted molar refractivity (Wildman–Crippen MR) is 43.8 cm³/mol. The van der Waals surface area contributed by atoms with Crippen molar-refractivity contribution in [3.05, 3.63) is 0 Å². The Balaban J connectivity index is 2.28. The summed E-state index contributed by atoms with van der Waals surface area (Å²) in [5, 5.41) is 4.61. The molecule has 0 aliphatic carbocycles. The third-order valence-electron chi connectivity index (χ3n) is 1.38. The summed E-state index contributed by atoms with van der Waals surface area (Å²) < 4.78 is 11.6. The highest BCUT2D eigenvalue weighted by Crippen LogP contribution is 2.12. The van der Waals surface area contributed by atoms with Gasteiger partial charge in [0.05, 0.1) is 0 Å². The zero-order chi connectivity index (χ0) is 8.97. The fourth-order valence-corrected chi connectivity index (χ4v) is 1.60. The van der Waals surface area contributed by atoms with Gasteiger partial charge in [-0.05, 0) is 0 Å². The molecule has 0 aromatic rings. The minimum atomic E-state index is -0.584. The lowest BCUT2D eigenvalue weighted by Crippen LogP contribution is -2.43. The summed E-state index contributed by atoms with van der Waals surface area (Å²) in [4.78, 5) is 21.7. The molecule has 0 aromatic heterocycles. The van der Waals surface area contributed by atoms with Crippen LogP contribution in [0.1, 0.15) is 0 Å². The Morgan fingerprint density at radius 2 is 2.58 bits per heavy atom. The molecule has 1 fully saturated rings. The minimum absolute atomic E-state index is 0.00979. The zero-order valence-electron chi connectivity index (χ0n) is 6.30. The molecule has 0 spiro atoms. The normalized spacial score (nSPS) is 22.1. The van der Waals surface area contributed by atoms with Crippen molar-refractivity contribution in [3.8, 4) is 0 Å². The van der Waals surface area contributed by atoms with Gasteiger partial charge in [0.2, 0.25) is 5.91 Å². The number of carbonyl (C=O) groups excluding carboxylic acids is 2. The Kier molecular flexibility index (Phi) is 3.33. The second kappa shape index (κ2) is 4.30. The summed E-state index contributed by atoms with van der Waals surface area (Å²) in [6, 6.07) is -0.492. The lowest BCUT2D eigenvalue weighted by molar-refractivity contribution is -0.122. The average molecular weight is 192 g/mol. The molecular weight excluding hydrogens is 183 g/mol. The van der Waals surface area contributed by atoms with Gasteiger partial charge < -0.3 is 10.6 Å². The van der Waals surface area contributed by atoms with Gasteiger partial charge in [0.15, 0.2) is 0 Å². The van der Waals surface area contributed by atoms with E-state index in [9.17, 15) is 14.0 Å². The van der Waals surface area contributed by atoms with Crippen molar-refractivity contribution in [2.75, 3.05) is 19.0 Å². The van der Waals surface area contributed by atoms with Crippen LogP contribution >= 0.6 is 11.8 Å². The van der Waals surface area contributed by atoms with Crippen LogP contribution < -0.4 is 10.6 Å². The van der Waals surface area contributed by atoms with Gasteiger partial charge in [0.1, 0.15) is 12.7 Å². The second-order valence-electron chi connectivity index (χ2n) is 2.28. The number of alkyl halides is 1. The summed E-state index contributed by atoms with van der Waals surface area (Å²) in [5.74, 6) is 0.114. The molecule has 1 aliphatic heterocycles. The van der Waals surface area contributed by atoms with Crippen LogP contribution in [-0.4, -0.2) is 36.2 Å². The van der Waals surface area contributed by atoms with Crippen molar-refractivity contribution >= 4 is 22.9 Å². The van der Waals surface area contributed by atoms with Crippen molar-refractivity contribution in [2.45, 2.75) is 6.04 Å². The van der Waals surface area contributed by atoms with Crippen molar-refractivity contribution in [1.29, 1.82) is 0 Å². The summed E-state index contributed by atoms with van der Waals surface area (Å²) >= 11 is 1.06. The standard InChI is InChI=1S/C6H9FN2O2S/c7-1-2-8-5(10)4-3-12-6(11)9-4/h4H,1-3H2,(H,8,10)(H,9,11). The molecule has 68 valence electrons. The van der Waals surface area contributed by atoms with E-state index < -0.39 is 12.7 Å². The van der Waals surface area contributed by atoms with E-state index in [1.807, 2.05) is 0 Å². The van der Waals surface area contributed by atoms with E-state index in [1.54, 1.807) is 0 Å². The highest BCUT2D eigenvalue weighted by Gasteiger charge is 2.27. The van der Waals surface area contributed by atoms with Gasteiger partial charge in [-0.2, -0.15) is 0 Å². The first kappa shape index (κ1) is 9.31. The molecule has 1 aliphatic rings. The molecule has 6 heteroatoms. The quantitative estimate of drug-likeness (QED) is 0.656. The molecule has 2 amide bonds. The van der Waals surface area contributed by atoms with Crippen molar-refractivity contribution < 1.29 is 14.0 Å². The van der Waals surface area contributed by atoms with E-state index >= 15 is 0 Å². The van der Waals surface area contributed by atoms with Gasteiger partial charge in [0, 0.05) is 12.3 Å². The monoisotopic (exact) mass is 192 g/mol. The van der Waals surface area contributed by atoms with Gasteiger partial charge in [0.25, 0.3) is 5.24 Å². The van der Waals surface area contributed by atoms with Gasteiger partial charge in [-0.25, -0.2) is 4.39 Å². The van der Waals surface area contributed by atoms with Gasteiger partial charge in [-0.15, -0.1) is 0 Å². The first-order chi connectivity index (χ1) is 5.74. The van der Waals surface area contributed by atoms with Crippen LogP contribution in [-0.2, 0) is 4.79 Å². The van der Waals surface area contributed by atoms with Crippen molar-refractivity contribution in [1.82, 2.24) is 10.6 Å².